The number of hydrogen-bond acceptors (Lipinski definition) is 4. The predicted molar refractivity (Wildman–Crippen MR) is 62.1 cm³/mol. The number of ether oxygens (including phenoxy) is 1. The van der Waals surface area contributed by atoms with E-state index in [2.05, 4.69) is 28.6 Å². The molecule has 78 valence electrons. The van der Waals surface area contributed by atoms with Gasteiger partial charge < -0.3 is 4.74 Å². The number of hydrogen-bond donors (Lipinski definition) is 1. The van der Waals surface area contributed by atoms with Crippen molar-refractivity contribution in [2.24, 2.45) is 0 Å². The number of nitriles is 1. The zero-order valence-corrected chi connectivity index (χ0v) is 10.4. The fourth-order valence-electron chi connectivity index (χ4n) is 1.06. The number of rotatable bonds is 2. The van der Waals surface area contributed by atoms with Crippen LogP contribution in [0.2, 0.25) is 0 Å². The van der Waals surface area contributed by atoms with Crippen LogP contribution in [0.15, 0.2) is 21.5 Å². The van der Waals surface area contributed by atoms with Gasteiger partial charge in [-0.05, 0) is 35.0 Å². The Morgan fingerprint density at radius 1 is 1.67 bits per heavy atom. The van der Waals surface area contributed by atoms with Crippen molar-refractivity contribution >= 4 is 34.5 Å². The average molecular weight is 286 g/mol. The molecule has 1 aromatic rings. The fraction of sp³-hybridized carbons (Fsp3) is 0.200. The van der Waals surface area contributed by atoms with Crippen LogP contribution in [0.25, 0.3) is 0 Å². The molecule has 0 spiro atoms. The highest BCUT2D eigenvalue weighted by molar-refractivity contribution is 9.10. The second-order valence-electron chi connectivity index (χ2n) is 2.68. The second kappa shape index (κ2) is 5.19. The highest BCUT2D eigenvalue weighted by Crippen LogP contribution is 2.26. The van der Waals surface area contributed by atoms with E-state index in [1.165, 1.54) is 6.07 Å². The Balaban J connectivity index is 3.21. The molecule has 0 atom stereocenters. The molecule has 1 aromatic carbocycles. The number of nitrogens with zero attached hydrogens (tertiary/aromatic N) is 1. The van der Waals surface area contributed by atoms with Gasteiger partial charge in [-0.15, -0.1) is 12.6 Å². The first-order valence-corrected chi connectivity index (χ1v) is 5.44. The van der Waals surface area contributed by atoms with E-state index in [1.54, 1.807) is 13.0 Å². The zero-order valence-electron chi connectivity index (χ0n) is 7.95. The Labute approximate surface area is 102 Å². The summed E-state index contributed by atoms with van der Waals surface area (Å²) in [6.45, 7) is 2.03. The van der Waals surface area contributed by atoms with Crippen LogP contribution in [0.1, 0.15) is 22.8 Å². The third-order valence-electron chi connectivity index (χ3n) is 1.68. The summed E-state index contributed by atoms with van der Waals surface area (Å²) in [6, 6.07) is 5.07. The Hall–Kier alpha value is -0.990. The molecule has 0 aliphatic heterocycles. The standard InChI is InChI=1S/C10H8BrNO2S/c1-2-14-10(13)9-7(11)3-6(5-12)4-8(9)15/h3-4,15H,2H2,1H3. The number of thiol groups is 1. The quantitative estimate of drug-likeness (QED) is 0.672. The van der Waals surface area contributed by atoms with E-state index in [1.807, 2.05) is 6.07 Å². The smallest absolute Gasteiger partial charge is 0.340 e. The van der Waals surface area contributed by atoms with E-state index in [9.17, 15) is 4.79 Å². The van der Waals surface area contributed by atoms with Gasteiger partial charge in [0.15, 0.2) is 0 Å². The van der Waals surface area contributed by atoms with Gasteiger partial charge in [0.25, 0.3) is 0 Å². The molecular formula is C10H8BrNO2S. The minimum absolute atomic E-state index is 0.304. The van der Waals surface area contributed by atoms with E-state index < -0.39 is 5.97 Å². The Morgan fingerprint density at radius 3 is 2.80 bits per heavy atom. The number of carbonyl (C=O) groups excluding carboxylic acids is 1. The molecule has 3 nitrogen and oxygen atoms in total. The summed E-state index contributed by atoms with van der Waals surface area (Å²) in [4.78, 5) is 11.9. The highest BCUT2D eigenvalue weighted by Gasteiger charge is 2.15. The molecule has 0 saturated heterocycles. The summed E-state index contributed by atoms with van der Waals surface area (Å²) in [5, 5.41) is 8.70. The molecule has 0 amide bonds. The molecule has 0 N–H and O–H groups in total. The van der Waals surface area contributed by atoms with Gasteiger partial charge in [-0.25, -0.2) is 4.79 Å². The van der Waals surface area contributed by atoms with Crippen LogP contribution in [0.3, 0.4) is 0 Å². The molecule has 0 aliphatic rings. The molecule has 0 heterocycles. The third-order valence-corrected chi connectivity index (χ3v) is 2.66. The van der Waals surface area contributed by atoms with Crippen molar-refractivity contribution in [2.45, 2.75) is 11.8 Å². The maximum atomic E-state index is 11.5. The van der Waals surface area contributed by atoms with Gasteiger partial charge in [0.2, 0.25) is 0 Å². The van der Waals surface area contributed by atoms with Crippen LogP contribution < -0.4 is 0 Å². The lowest BCUT2D eigenvalue weighted by Crippen LogP contribution is -2.07. The number of benzene rings is 1. The van der Waals surface area contributed by atoms with Gasteiger partial charge in [0.05, 0.1) is 23.8 Å². The van der Waals surface area contributed by atoms with E-state index in [0.717, 1.165) is 0 Å². The van der Waals surface area contributed by atoms with E-state index in [4.69, 9.17) is 10.00 Å². The molecule has 1 rings (SSSR count). The summed E-state index contributed by atoms with van der Waals surface area (Å²) in [7, 11) is 0. The monoisotopic (exact) mass is 285 g/mol. The third kappa shape index (κ3) is 2.74. The molecule has 0 saturated carbocycles. The summed E-state index contributed by atoms with van der Waals surface area (Å²) in [5.74, 6) is -0.445. The van der Waals surface area contributed by atoms with Gasteiger partial charge in [0.1, 0.15) is 0 Å². The molecule has 0 radical (unpaired) electrons. The Kier molecular flexibility index (Phi) is 4.18. The molecule has 5 heteroatoms. The molecule has 0 aromatic heterocycles. The normalized spacial score (nSPS) is 9.47. The summed E-state index contributed by atoms with van der Waals surface area (Å²) >= 11 is 7.35. The minimum atomic E-state index is -0.445. The van der Waals surface area contributed by atoms with Crippen molar-refractivity contribution in [3.63, 3.8) is 0 Å². The lowest BCUT2D eigenvalue weighted by Gasteiger charge is -2.07. The van der Waals surface area contributed by atoms with Crippen LogP contribution in [0, 0.1) is 11.3 Å². The number of carbonyl (C=O) groups is 1. The SMILES string of the molecule is CCOC(=O)c1c(S)cc(C#N)cc1Br. The van der Waals surface area contributed by atoms with Gasteiger partial charge in [-0.1, -0.05) is 0 Å². The minimum Gasteiger partial charge on any atom is -0.462 e. The molecule has 0 unspecified atom stereocenters. The van der Waals surface area contributed by atoms with Gasteiger partial charge in [-0.2, -0.15) is 5.26 Å². The average Bonchev–Trinajstić information content (AvgIpc) is 2.16. The topological polar surface area (TPSA) is 50.1 Å². The molecular weight excluding hydrogens is 278 g/mol. The Morgan fingerprint density at radius 2 is 2.33 bits per heavy atom. The van der Waals surface area contributed by atoms with Crippen molar-refractivity contribution in [3.05, 3.63) is 27.7 Å². The van der Waals surface area contributed by atoms with Crippen LogP contribution >= 0.6 is 28.6 Å². The molecule has 15 heavy (non-hydrogen) atoms. The second-order valence-corrected chi connectivity index (χ2v) is 4.02. The van der Waals surface area contributed by atoms with Gasteiger partial charge in [0, 0.05) is 9.37 Å². The zero-order chi connectivity index (χ0) is 11.4. The highest BCUT2D eigenvalue weighted by atomic mass is 79.9. The Bertz CT molecular complexity index is 417. The van der Waals surface area contributed by atoms with Crippen molar-refractivity contribution in [2.75, 3.05) is 6.61 Å². The van der Waals surface area contributed by atoms with E-state index >= 15 is 0 Å². The fourth-order valence-corrected chi connectivity index (χ4v) is 2.19. The maximum Gasteiger partial charge on any atom is 0.340 e. The van der Waals surface area contributed by atoms with Crippen LogP contribution in [0.5, 0.6) is 0 Å². The first kappa shape index (κ1) is 12.1. The summed E-state index contributed by atoms with van der Waals surface area (Å²) in [6.07, 6.45) is 0. The van der Waals surface area contributed by atoms with Crippen LogP contribution in [-0.4, -0.2) is 12.6 Å². The molecule has 0 aliphatic carbocycles. The van der Waals surface area contributed by atoms with Crippen LogP contribution in [-0.2, 0) is 4.74 Å². The van der Waals surface area contributed by atoms with Crippen molar-refractivity contribution in [1.29, 1.82) is 5.26 Å². The molecule has 0 fully saturated rings. The predicted octanol–water partition coefficient (Wildman–Crippen LogP) is 2.79. The maximum absolute atomic E-state index is 11.5. The lowest BCUT2D eigenvalue weighted by molar-refractivity contribution is 0.0521. The van der Waals surface area contributed by atoms with Gasteiger partial charge in [-0.3, -0.25) is 0 Å². The molecule has 0 bridgehead atoms. The largest absolute Gasteiger partial charge is 0.462 e. The van der Waals surface area contributed by atoms with Crippen LogP contribution in [0.4, 0.5) is 0 Å². The first-order chi connectivity index (χ1) is 7.10. The lowest BCUT2D eigenvalue weighted by atomic mass is 10.1. The summed E-state index contributed by atoms with van der Waals surface area (Å²) < 4.78 is 5.38. The summed E-state index contributed by atoms with van der Waals surface area (Å²) in [5.41, 5.74) is 0.791. The first-order valence-electron chi connectivity index (χ1n) is 4.19. The van der Waals surface area contributed by atoms with E-state index in [0.29, 0.717) is 27.1 Å². The van der Waals surface area contributed by atoms with Crippen molar-refractivity contribution in [1.82, 2.24) is 0 Å². The number of esters is 1. The van der Waals surface area contributed by atoms with Crippen molar-refractivity contribution < 1.29 is 9.53 Å². The van der Waals surface area contributed by atoms with E-state index in [-0.39, 0.29) is 0 Å². The van der Waals surface area contributed by atoms with Gasteiger partial charge >= 0.3 is 5.97 Å². The number of halogens is 1. The van der Waals surface area contributed by atoms with Crippen molar-refractivity contribution in [3.8, 4) is 6.07 Å².